The predicted octanol–water partition coefficient (Wildman–Crippen LogP) is 4.98. The number of benzene rings is 1. The second-order valence-corrected chi connectivity index (χ2v) is 8.26. The smallest absolute Gasteiger partial charge is 0.341 e. The van der Waals surface area contributed by atoms with Crippen molar-refractivity contribution in [3.8, 4) is 11.1 Å². The Morgan fingerprint density at radius 3 is 2.67 bits per heavy atom. The fourth-order valence-electron chi connectivity index (χ4n) is 3.27. The molecule has 1 amide bonds. The molecule has 1 aromatic carbocycles. The average molecular weight is 485 g/mol. The number of nitro groups is 1. The summed E-state index contributed by atoms with van der Waals surface area (Å²) in [5.41, 5.74) is 2.45. The van der Waals surface area contributed by atoms with Crippen LogP contribution in [-0.2, 0) is 16.0 Å². The van der Waals surface area contributed by atoms with Gasteiger partial charge in [0.2, 0.25) is 5.91 Å². The van der Waals surface area contributed by atoms with Gasteiger partial charge in [-0.1, -0.05) is 11.6 Å². The molecule has 0 aliphatic heterocycles. The first-order valence-electron chi connectivity index (χ1n) is 9.82. The van der Waals surface area contributed by atoms with E-state index in [0.717, 1.165) is 0 Å². The number of carbonyl (C=O) groups is 2. The molecule has 33 heavy (non-hydrogen) atoms. The molecule has 0 spiro atoms. The number of nitro benzene ring substituents is 1. The van der Waals surface area contributed by atoms with Crippen molar-refractivity contribution in [1.82, 2.24) is 9.38 Å². The van der Waals surface area contributed by atoms with Crippen LogP contribution in [0.2, 0.25) is 5.02 Å². The van der Waals surface area contributed by atoms with Crippen LogP contribution in [0, 0.1) is 10.1 Å². The maximum absolute atomic E-state index is 12.7. The van der Waals surface area contributed by atoms with Crippen LogP contribution >= 0.6 is 22.9 Å². The van der Waals surface area contributed by atoms with Gasteiger partial charge in [-0.15, -0.1) is 11.3 Å². The number of halogens is 1. The van der Waals surface area contributed by atoms with Gasteiger partial charge in [-0.2, -0.15) is 0 Å². The van der Waals surface area contributed by atoms with Gasteiger partial charge >= 0.3 is 5.97 Å². The van der Waals surface area contributed by atoms with Crippen molar-refractivity contribution in [3.63, 3.8) is 0 Å². The highest BCUT2D eigenvalue weighted by Crippen LogP contribution is 2.37. The van der Waals surface area contributed by atoms with Crippen molar-refractivity contribution in [2.45, 2.75) is 13.3 Å². The summed E-state index contributed by atoms with van der Waals surface area (Å²) in [6.07, 6.45) is 3.40. The van der Waals surface area contributed by atoms with E-state index in [4.69, 9.17) is 16.3 Å². The monoisotopic (exact) mass is 484 g/mol. The fourth-order valence-corrected chi connectivity index (χ4v) is 4.41. The number of anilines is 1. The Balaban J connectivity index is 1.60. The lowest BCUT2D eigenvalue weighted by molar-refractivity contribution is -0.384. The number of imidazole rings is 1. The third-order valence-corrected chi connectivity index (χ3v) is 5.84. The molecular formula is C22H17ClN4O5S. The van der Waals surface area contributed by atoms with Crippen LogP contribution in [0.5, 0.6) is 0 Å². The molecule has 3 aromatic heterocycles. The molecule has 0 radical (unpaired) electrons. The molecule has 9 nitrogen and oxygen atoms in total. The summed E-state index contributed by atoms with van der Waals surface area (Å²) in [4.78, 5) is 40.2. The first-order valence-corrected chi connectivity index (χ1v) is 11.1. The molecule has 0 saturated heterocycles. The van der Waals surface area contributed by atoms with E-state index < -0.39 is 10.9 Å². The van der Waals surface area contributed by atoms with Crippen LogP contribution in [-0.4, -0.2) is 32.8 Å². The summed E-state index contributed by atoms with van der Waals surface area (Å²) in [5.74, 6) is -0.947. The van der Waals surface area contributed by atoms with Crippen molar-refractivity contribution < 1.29 is 19.2 Å². The third-order valence-electron chi connectivity index (χ3n) is 4.72. The largest absolute Gasteiger partial charge is 0.462 e. The van der Waals surface area contributed by atoms with Gasteiger partial charge in [-0.05, 0) is 36.8 Å². The lowest BCUT2D eigenvalue weighted by Crippen LogP contribution is -2.16. The number of non-ortho nitro benzene ring substituents is 1. The normalized spacial score (nSPS) is 10.8. The summed E-state index contributed by atoms with van der Waals surface area (Å²) >= 11 is 7.16. The molecule has 0 saturated carbocycles. The number of aromatic nitrogens is 2. The number of ether oxygens (including phenoxy) is 1. The van der Waals surface area contributed by atoms with Crippen molar-refractivity contribution in [3.05, 3.63) is 80.6 Å². The zero-order valence-electron chi connectivity index (χ0n) is 17.3. The van der Waals surface area contributed by atoms with Gasteiger partial charge in [-0.25, -0.2) is 9.78 Å². The molecule has 0 aliphatic carbocycles. The van der Waals surface area contributed by atoms with Crippen LogP contribution in [0.3, 0.4) is 0 Å². The maximum atomic E-state index is 12.7. The zero-order valence-corrected chi connectivity index (χ0v) is 18.9. The van der Waals surface area contributed by atoms with Crippen molar-refractivity contribution >= 4 is 51.1 Å². The van der Waals surface area contributed by atoms with Gasteiger partial charge in [-0.3, -0.25) is 14.9 Å². The summed E-state index contributed by atoms with van der Waals surface area (Å²) in [6.45, 7) is 1.84. The van der Waals surface area contributed by atoms with Gasteiger partial charge in [0.1, 0.15) is 16.2 Å². The second kappa shape index (κ2) is 9.39. The second-order valence-electron chi connectivity index (χ2n) is 6.95. The first kappa shape index (κ1) is 22.4. The van der Waals surface area contributed by atoms with Crippen molar-refractivity contribution in [1.29, 1.82) is 0 Å². The fraction of sp³-hybridized carbons (Fsp3) is 0.136. The van der Waals surface area contributed by atoms with E-state index in [9.17, 15) is 19.7 Å². The van der Waals surface area contributed by atoms with Crippen LogP contribution in [0.4, 0.5) is 10.7 Å². The summed E-state index contributed by atoms with van der Waals surface area (Å²) in [5, 5.41) is 16.3. The number of thiophene rings is 1. The van der Waals surface area contributed by atoms with E-state index >= 15 is 0 Å². The van der Waals surface area contributed by atoms with E-state index in [2.05, 4.69) is 10.3 Å². The topological polar surface area (TPSA) is 116 Å². The van der Waals surface area contributed by atoms with Gasteiger partial charge in [0.25, 0.3) is 5.69 Å². The molecule has 0 aliphatic rings. The summed E-state index contributed by atoms with van der Waals surface area (Å²) in [7, 11) is 0. The molecule has 0 atom stereocenters. The number of hydrogen-bond donors (Lipinski definition) is 1. The maximum Gasteiger partial charge on any atom is 0.341 e. The summed E-state index contributed by atoms with van der Waals surface area (Å²) < 4.78 is 6.91. The number of amides is 1. The molecule has 11 heteroatoms. The van der Waals surface area contributed by atoms with Crippen molar-refractivity contribution in [2.24, 2.45) is 0 Å². The van der Waals surface area contributed by atoms with Gasteiger partial charge < -0.3 is 14.5 Å². The van der Waals surface area contributed by atoms with Crippen molar-refractivity contribution in [2.75, 3.05) is 11.9 Å². The van der Waals surface area contributed by atoms with Gasteiger partial charge in [0.05, 0.1) is 28.7 Å². The Hall–Kier alpha value is -3.76. The first-order chi connectivity index (χ1) is 15.9. The number of hydrogen-bond acceptors (Lipinski definition) is 7. The Morgan fingerprint density at radius 2 is 1.97 bits per heavy atom. The van der Waals surface area contributed by atoms with E-state index in [0.29, 0.717) is 32.5 Å². The minimum Gasteiger partial charge on any atom is -0.462 e. The van der Waals surface area contributed by atoms with Gasteiger partial charge in [0.15, 0.2) is 0 Å². The van der Waals surface area contributed by atoms with E-state index in [1.165, 1.54) is 23.5 Å². The van der Waals surface area contributed by atoms with Crippen LogP contribution in [0.1, 0.15) is 23.0 Å². The van der Waals surface area contributed by atoms with Gasteiger partial charge in [0, 0.05) is 35.5 Å². The lowest BCUT2D eigenvalue weighted by atomic mass is 10.0. The molecule has 0 fully saturated rings. The molecular weight excluding hydrogens is 468 g/mol. The SMILES string of the molecule is CCOC(=O)c1c(-c2ccc([N+](=O)[O-])cc2)csc1NC(=O)Cc1cn2cc(Cl)ccc2n1. The average Bonchev–Trinajstić information content (AvgIpc) is 3.37. The van der Waals surface area contributed by atoms with Crippen LogP contribution < -0.4 is 5.32 Å². The Morgan fingerprint density at radius 1 is 1.21 bits per heavy atom. The lowest BCUT2D eigenvalue weighted by Gasteiger charge is -2.08. The number of nitrogens with zero attached hydrogens (tertiary/aromatic N) is 3. The number of fused-ring (bicyclic) bond motifs is 1. The standard InChI is InChI=1S/C22H17ClN4O5S/c1-2-32-22(29)20-17(13-3-6-16(7-4-13)27(30)31)12-33-21(20)25-19(28)9-15-11-26-10-14(23)5-8-18(26)24-15/h3-8,10-12H,2,9H2,1H3,(H,25,28). The molecule has 168 valence electrons. The number of nitrogens with one attached hydrogen (secondary N) is 1. The van der Waals surface area contributed by atoms with Crippen LogP contribution in [0.15, 0.2) is 54.2 Å². The predicted molar refractivity (Wildman–Crippen MR) is 125 cm³/mol. The highest BCUT2D eigenvalue weighted by atomic mass is 35.5. The molecule has 4 rings (SSSR count). The highest BCUT2D eigenvalue weighted by Gasteiger charge is 2.23. The minimum absolute atomic E-state index is 0.00761. The van der Waals surface area contributed by atoms with E-state index in [1.54, 1.807) is 53.4 Å². The Kier molecular flexibility index (Phi) is 6.38. The number of rotatable bonds is 7. The Labute approximate surface area is 196 Å². The molecule has 3 heterocycles. The number of esters is 1. The Bertz CT molecular complexity index is 1360. The number of carbonyl (C=O) groups excluding carboxylic acids is 2. The molecule has 4 aromatic rings. The minimum atomic E-state index is -0.593. The number of pyridine rings is 1. The van der Waals surface area contributed by atoms with E-state index in [-0.39, 0.29) is 30.2 Å². The zero-order chi connectivity index (χ0) is 23.5. The highest BCUT2D eigenvalue weighted by molar-refractivity contribution is 7.15. The molecule has 0 unspecified atom stereocenters. The summed E-state index contributed by atoms with van der Waals surface area (Å²) in [6, 6.07) is 9.28. The molecule has 1 N–H and O–H groups in total. The molecule has 0 bridgehead atoms. The van der Waals surface area contributed by atoms with Crippen LogP contribution in [0.25, 0.3) is 16.8 Å². The van der Waals surface area contributed by atoms with E-state index in [1.807, 2.05) is 0 Å². The quantitative estimate of drug-likeness (QED) is 0.224. The third kappa shape index (κ3) is 4.86.